The van der Waals surface area contributed by atoms with E-state index in [0.29, 0.717) is 5.54 Å². The van der Waals surface area contributed by atoms with Gasteiger partial charge >= 0.3 is 0 Å². The van der Waals surface area contributed by atoms with Gasteiger partial charge in [-0.1, -0.05) is 62.4 Å². The van der Waals surface area contributed by atoms with Crippen LogP contribution in [-0.2, 0) is 6.54 Å². The zero-order valence-electron chi connectivity index (χ0n) is 12.5. The Morgan fingerprint density at radius 2 is 1.90 bits per heavy atom. The Balaban J connectivity index is 1.59. The van der Waals surface area contributed by atoms with E-state index in [0.717, 1.165) is 19.0 Å². The highest BCUT2D eigenvalue weighted by molar-refractivity contribution is 5.15. The van der Waals surface area contributed by atoms with E-state index >= 15 is 0 Å². The van der Waals surface area contributed by atoms with Crippen LogP contribution in [0.4, 0.5) is 0 Å². The maximum Gasteiger partial charge on any atom is 0.0323 e. The van der Waals surface area contributed by atoms with Crippen molar-refractivity contribution in [2.45, 2.75) is 57.0 Å². The zero-order valence-corrected chi connectivity index (χ0v) is 12.5. The molecule has 2 heteroatoms. The highest BCUT2D eigenvalue weighted by Gasteiger charge is 2.35. The molecule has 1 saturated carbocycles. The van der Waals surface area contributed by atoms with Crippen molar-refractivity contribution in [2.75, 3.05) is 13.1 Å². The number of hydrogen-bond donors (Lipinski definition) is 2. The van der Waals surface area contributed by atoms with Gasteiger partial charge in [0.05, 0.1) is 0 Å². The Morgan fingerprint density at radius 1 is 1.10 bits per heavy atom. The van der Waals surface area contributed by atoms with E-state index in [1.165, 1.54) is 57.1 Å². The molecule has 1 aliphatic carbocycles. The second kappa shape index (κ2) is 6.73. The van der Waals surface area contributed by atoms with Gasteiger partial charge in [-0.15, -0.1) is 0 Å². The highest BCUT2D eigenvalue weighted by atomic mass is 15.1. The number of nitrogens with one attached hydrogen (secondary N) is 2. The second-order valence-electron chi connectivity index (χ2n) is 6.75. The summed E-state index contributed by atoms with van der Waals surface area (Å²) in [7, 11) is 0. The third kappa shape index (κ3) is 3.62. The maximum atomic E-state index is 3.90. The van der Waals surface area contributed by atoms with E-state index in [1.54, 1.807) is 0 Å². The summed E-state index contributed by atoms with van der Waals surface area (Å²) in [6, 6.07) is 10.8. The minimum Gasteiger partial charge on any atom is -0.315 e. The molecule has 0 radical (unpaired) electrons. The largest absolute Gasteiger partial charge is 0.315 e. The van der Waals surface area contributed by atoms with Gasteiger partial charge in [0.25, 0.3) is 0 Å². The van der Waals surface area contributed by atoms with Crippen molar-refractivity contribution in [1.82, 2.24) is 10.6 Å². The summed E-state index contributed by atoms with van der Waals surface area (Å²) >= 11 is 0. The van der Waals surface area contributed by atoms with E-state index in [4.69, 9.17) is 0 Å². The van der Waals surface area contributed by atoms with Crippen LogP contribution >= 0.6 is 0 Å². The maximum absolute atomic E-state index is 3.90. The highest BCUT2D eigenvalue weighted by Crippen LogP contribution is 2.33. The lowest BCUT2D eigenvalue weighted by Crippen LogP contribution is -2.48. The van der Waals surface area contributed by atoms with Gasteiger partial charge in [0.15, 0.2) is 0 Å². The summed E-state index contributed by atoms with van der Waals surface area (Å²) < 4.78 is 0. The van der Waals surface area contributed by atoms with E-state index in [1.807, 2.05) is 0 Å². The van der Waals surface area contributed by atoms with Crippen molar-refractivity contribution in [2.24, 2.45) is 5.92 Å². The molecule has 110 valence electrons. The van der Waals surface area contributed by atoms with Crippen LogP contribution in [-0.4, -0.2) is 18.6 Å². The SMILES string of the molecule is c1ccc(CNC2(CC3CCCCC3)CCNC2)cc1. The van der Waals surface area contributed by atoms with E-state index < -0.39 is 0 Å². The summed E-state index contributed by atoms with van der Waals surface area (Å²) in [5.74, 6) is 0.951. The van der Waals surface area contributed by atoms with Crippen LogP contribution in [0.2, 0.25) is 0 Å². The topological polar surface area (TPSA) is 24.1 Å². The van der Waals surface area contributed by atoms with Gasteiger partial charge in [0, 0.05) is 18.6 Å². The van der Waals surface area contributed by atoms with Crippen LogP contribution in [0.25, 0.3) is 0 Å². The van der Waals surface area contributed by atoms with Crippen molar-refractivity contribution >= 4 is 0 Å². The molecule has 3 rings (SSSR count). The molecule has 2 nitrogen and oxygen atoms in total. The van der Waals surface area contributed by atoms with E-state index in [2.05, 4.69) is 41.0 Å². The van der Waals surface area contributed by atoms with Crippen LogP contribution in [0.5, 0.6) is 0 Å². The van der Waals surface area contributed by atoms with Crippen LogP contribution in [0.1, 0.15) is 50.5 Å². The van der Waals surface area contributed by atoms with E-state index in [9.17, 15) is 0 Å². The average molecular weight is 272 g/mol. The minimum absolute atomic E-state index is 0.345. The summed E-state index contributed by atoms with van der Waals surface area (Å²) in [4.78, 5) is 0. The monoisotopic (exact) mass is 272 g/mol. The Bertz CT molecular complexity index is 389. The van der Waals surface area contributed by atoms with Crippen molar-refractivity contribution in [3.63, 3.8) is 0 Å². The van der Waals surface area contributed by atoms with Gasteiger partial charge in [-0.05, 0) is 30.9 Å². The summed E-state index contributed by atoms with van der Waals surface area (Å²) in [6.07, 6.45) is 9.92. The lowest BCUT2D eigenvalue weighted by Gasteiger charge is -2.35. The first-order valence-corrected chi connectivity index (χ1v) is 8.36. The van der Waals surface area contributed by atoms with Gasteiger partial charge in [-0.25, -0.2) is 0 Å². The first kappa shape index (κ1) is 14.1. The molecule has 1 aromatic rings. The molecular formula is C18H28N2. The smallest absolute Gasteiger partial charge is 0.0323 e. The molecule has 0 bridgehead atoms. The number of rotatable bonds is 5. The van der Waals surface area contributed by atoms with Gasteiger partial charge in [0.2, 0.25) is 0 Å². The fourth-order valence-electron chi connectivity index (χ4n) is 3.97. The lowest BCUT2D eigenvalue weighted by atomic mass is 9.78. The lowest BCUT2D eigenvalue weighted by molar-refractivity contribution is 0.229. The van der Waals surface area contributed by atoms with Crippen LogP contribution in [0, 0.1) is 5.92 Å². The molecule has 1 atom stereocenters. The molecule has 0 amide bonds. The van der Waals surface area contributed by atoms with Gasteiger partial charge < -0.3 is 10.6 Å². The van der Waals surface area contributed by atoms with Crippen molar-refractivity contribution in [1.29, 1.82) is 0 Å². The summed E-state index contributed by atoms with van der Waals surface area (Å²) in [5, 5.41) is 7.47. The fourth-order valence-corrected chi connectivity index (χ4v) is 3.97. The minimum atomic E-state index is 0.345. The average Bonchev–Trinajstić information content (AvgIpc) is 2.96. The van der Waals surface area contributed by atoms with Crippen molar-refractivity contribution < 1.29 is 0 Å². The van der Waals surface area contributed by atoms with Gasteiger partial charge in [0.1, 0.15) is 0 Å². The fraction of sp³-hybridized carbons (Fsp3) is 0.667. The predicted molar refractivity (Wildman–Crippen MR) is 84.7 cm³/mol. The molecular weight excluding hydrogens is 244 g/mol. The second-order valence-corrected chi connectivity index (χ2v) is 6.75. The summed E-state index contributed by atoms with van der Waals surface area (Å²) in [5.41, 5.74) is 1.75. The molecule has 2 fully saturated rings. The Morgan fingerprint density at radius 3 is 2.60 bits per heavy atom. The third-order valence-electron chi connectivity index (χ3n) is 5.16. The molecule has 1 aromatic carbocycles. The first-order valence-electron chi connectivity index (χ1n) is 8.36. The molecule has 1 heterocycles. The molecule has 1 saturated heterocycles. The Labute approximate surface area is 123 Å². The molecule has 1 unspecified atom stereocenters. The number of benzene rings is 1. The summed E-state index contributed by atoms with van der Waals surface area (Å²) in [6.45, 7) is 3.33. The molecule has 20 heavy (non-hydrogen) atoms. The zero-order chi connectivity index (χ0) is 13.7. The standard InChI is InChI=1S/C18H28N2/c1-3-7-16(8-4-1)13-18(11-12-19-15-18)20-14-17-9-5-2-6-10-17/h2,5-6,9-10,16,19-20H,1,3-4,7-8,11-15H2. The molecule has 1 aliphatic heterocycles. The van der Waals surface area contributed by atoms with Crippen molar-refractivity contribution in [3.8, 4) is 0 Å². The van der Waals surface area contributed by atoms with Crippen LogP contribution in [0.3, 0.4) is 0 Å². The molecule has 2 N–H and O–H groups in total. The predicted octanol–water partition coefficient (Wildman–Crippen LogP) is 3.48. The number of hydrogen-bond acceptors (Lipinski definition) is 2. The van der Waals surface area contributed by atoms with Crippen LogP contribution in [0.15, 0.2) is 30.3 Å². The Kier molecular flexibility index (Phi) is 4.74. The van der Waals surface area contributed by atoms with Gasteiger partial charge in [-0.2, -0.15) is 0 Å². The van der Waals surface area contributed by atoms with Crippen molar-refractivity contribution in [3.05, 3.63) is 35.9 Å². The Hall–Kier alpha value is -0.860. The quantitative estimate of drug-likeness (QED) is 0.857. The molecule has 0 spiro atoms. The molecule has 2 aliphatic rings. The van der Waals surface area contributed by atoms with E-state index in [-0.39, 0.29) is 0 Å². The van der Waals surface area contributed by atoms with Crippen LogP contribution < -0.4 is 10.6 Å². The molecule has 0 aromatic heterocycles. The third-order valence-corrected chi connectivity index (χ3v) is 5.16. The first-order chi connectivity index (χ1) is 9.86. The normalized spacial score (nSPS) is 27.8. The van der Waals surface area contributed by atoms with Gasteiger partial charge in [-0.3, -0.25) is 0 Å².